The van der Waals surface area contributed by atoms with Gasteiger partial charge in [0.25, 0.3) is 5.91 Å². The molecule has 358 valence electrons. The number of urea groups is 1. The second-order valence-corrected chi connectivity index (χ2v) is 20.6. The lowest BCUT2D eigenvalue weighted by atomic mass is 9.84. The number of hydrazine groups is 1. The number of carbonyl (C=O) groups is 4. The molecule has 3 aromatic heterocycles. The number of fused-ring (bicyclic) bond motifs is 6. The number of thiazole rings is 1. The van der Waals surface area contributed by atoms with Crippen molar-refractivity contribution in [2.45, 2.75) is 123 Å². The summed E-state index contributed by atoms with van der Waals surface area (Å²) in [7, 11) is 7.36. The molecule has 3 aliphatic rings. The second kappa shape index (κ2) is 20.1. The highest BCUT2D eigenvalue weighted by Crippen LogP contribution is 2.42. The molecular formula is C49H69N9O7S. The molecule has 3 aliphatic heterocycles. The number of nitrogens with one attached hydrogen (secondary N) is 2. The van der Waals surface area contributed by atoms with Gasteiger partial charge in [-0.25, -0.2) is 14.6 Å². The molecule has 5 atom stereocenters. The molecule has 3 N–H and O–H groups in total. The Hall–Kier alpha value is -4.94. The minimum absolute atomic E-state index is 0.00873. The Morgan fingerprint density at radius 3 is 2.59 bits per heavy atom. The van der Waals surface area contributed by atoms with Gasteiger partial charge >= 0.3 is 12.0 Å². The molecule has 4 aromatic rings. The van der Waals surface area contributed by atoms with E-state index in [4.69, 9.17) is 19.4 Å². The fraction of sp³-hybridized carbons (Fsp3) is 0.592. The number of hydrogen-bond acceptors (Lipinski definition) is 12. The molecular weight excluding hydrogens is 859 g/mol. The zero-order valence-corrected chi connectivity index (χ0v) is 41.2. The zero-order chi connectivity index (χ0) is 47.7. The molecule has 6 heterocycles. The molecule has 4 amide bonds. The van der Waals surface area contributed by atoms with Crippen LogP contribution in [0.2, 0.25) is 0 Å². The molecule has 2 fully saturated rings. The van der Waals surface area contributed by atoms with E-state index in [1.165, 1.54) is 21.2 Å². The highest BCUT2D eigenvalue weighted by atomic mass is 32.1. The van der Waals surface area contributed by atoms with E-state index in [1.54, 1.807) is 20.4 Å². The van der Waals surface area contributed by atoms with E-state index in [-0.39, 0.29) is 50.1 Å². The van der Waals surface area contributed by atoms with E-state index in [1.807, 2.05) is 65.1 Å². The number of nitrogens with zero attached hydrogens (tertiary/aromatic N) is 7. The number of amides is 4. The minimum atomic E-state index is -2.21. The van der Waals surface area contributed by atoms with Crippen LogP contribution in [0.15, 0.2) is 41.9 Å². The molecule has 0 radical (unpaired) electrons. The van der Waals surface area contributed by atoms with E-state index >= 15 is 0 Å². The molecule has 66 heavy (non-hydrogen) atoms. The van der Waals surface area contributed by atoms with E-state index in [2.05, 4.69) is 51.4 Å². The Morgan fingerprint density at radius 2 is 1.88 bits per heavy atom. The lowest BCUT2D eigenvalue weighted by molar-refractivity contribution is -0.189. The van der Waals surface area contributed by atoms with Gasteiger partial charge < -0.3 is 39.2 Å². The zero-order valence-electron chi connectivity index (χ0n) is 40.3. The summed E-state index contributed by atoms with van der Waals surface area (Å²) in [6.07, 6.45) is 5.19. The van der Waals surface area contributed by atoms with Crippen LogP contribution in [0.5, 0.6) is 0 Å². The van der Waals surface area contributed by atoms with Crippen molar-refractivity contribution >= 4 is 46.1 Å². The fourth-order valence-electron chi connectivity index (χ4n) is 9.84. The summed E-state index contributed by atoms with van der Waals surface area (Å²) in [6.45, 7) is 13.9. The maximum absolute atomic E-state index is 14.7. The Morgan fingerprint density at radius 1 is 1.11 bits per heavy atom. The third-order valence-electron chi connectivity index (χ3n) is 13.5. The molecule has 0 spiro atoms. The normalized spacial score (nSPS) is 22.7. The molecule has 0 aliphatic carbocycles. The molecule has 0 unspecified atom stereocenters. The van der Waals surface area contributed by atoms with Crippen molar-refractivity contribution in [2.75, 3.05) is 54.5 Å². The van der Waals surface area contributed by atoms with Gasteiger partial charge in [0, 0.05) is 98.2 Å². The van der Waals surface area contributed by atoms with Crippen LogP contribution in [-0.2, 0) is 43.2 Å². The summed E-state index contributed by atoms with van der Waals surface area (Å²) in [5, 5.41) is 19.7. The quantitative estimate of drug-likeness (QED) is 0.168. The van der Waals surface area contributed by atoms with Crippen LogP contribution in [0, 0.1) is 11.3 Å². The Bertz CT molecular complexity index is 2410. The van der Waals surface area contributed by atoms with Crippen LogP contribution in [0.4, 0.5) is 4.79 Å². The second-order valence-electron chi connectivity index (χ2n) is 19.6. The Kier molecular flexibility index (Phi) is 14.9. The largest absolute Gasteiger partial charge is 0.462 e. The van der Waals surface area contributed by atoms with Crippen molar-refractivity contribution in [3.8, 4) is 22.5 Å². The maximum Gasteiger partial charge on any atom is 0.355 e. The number of likely N-dealkylation sites (N-methyl/N-ethyl adjacent to an activating group) is 2. The number of methoxy groups -OCH3 is 1. The van der Waals surface area contributed by atoms with Crippen LogP contribution in [-0.4, -0.2) is 142 Å². The smallest absolute Gasteiger partial charge is 0.355 e. The summed E-state index contributed by atoms with van der Waals surface area (Å²) in [4.78, 5) is 72.7. The number of aromatic nitrogens is 3. The van der Waals surface area contributed by atoms with Gasteiger partial charge in [-0.3, -0.25) is 19.6 Å². The molecule has 7 rings (SSSR count). The first kappa shape index (κ1) is 49.0. The molecule has 16 nitrogen and oxygen atoms in total. The third-order valence-corrected chi connectivity index (χ3v) is 14.4. The van der Waals surface area contributed by atoms with Gasteiger partial charge in [-0.05, 0) is 89.4 Å². The van der Waals surface area contributed by atoms with Crippen LogP contribution < -0.4 is 10.7 Å². The predicted octanol–water partition coefficient (Wildman–Crippen LogP) is 6.02. The first-order valence-electron chi connectivity index (χ1n) is 23.4. The number of carbonyl (C=O) groups excluding carboxylic acids is 4. The van der Waals surface area contributed by atoms with E-state index in [0.29, 0.717) is 37.5 Å². The maximum atomic E-state index is 14.7. The number of benzene rings is 1. The number of likely N-dealkylation sites (tertiary alicyclic amines) is 1. The average Bonchev–Trinajstić information content (AvgIpc) is 3.77. The Balaban J connectivity index is 1.29. The van der Waals surface area contributed by atoms with E-state index in [9.17, 15) is 24.3 Å². The van der Waals surface area contributed by atoms with E-state index in [0.717, 1.165) is 63.9 Å². The first-order chi connectivity index (χ1) is 31.4. The fourth-order valence-corrected chi connectivity index (χ4v) is 10.7. The van der Waals surface area contributed by atoms with Crippen LogP contribution in [0.3, 0.4) is 0 Å². The van der Waals surface area contributed by atoms with Gasteiger partial charge in [-0.2, -0.15) is 5.43 Å². The van der Waals surface area contributed by atoms with Crippen molar-refractivity contribution < 1.29 is 33.8 Å². The van der Waals surface area contributed by atoms with Gasteiger partial charge in [0.2, 0.25) is 11.6 Å². The van der Waals surface area contributed by atoms with Crippen LogP contribution in [0.1, 0.15) is 96.0 Å². The lowest BCUT2D eigenvalue weighted by Gasteiger charge is -2.40. The standard InChI is InChI=1S/C49H69N9O7S/c1-11-57-39-19-18-32-24-35(39)36(43(57)34-17-14-21-50-41(34)31(4)64-10)26-48(5,6)29-65-46(61)49(63)20-15-23-58(53-49)45(60)37(25-40-51-38(32)28-66-40)52-44(59)42(30(2)3)55(9)47(62)56-22-13-12-16-33(27-56)54(7)8/h14,17-19,21,24,28,30-31,33,37,42,53,63H,11-13,15-16,20,22-23,25-27,29H2,1-10H3,(H,52,59)/t31-,33-,37-,42-,49-/m0/s1. The van der Waals surface area contributed by atoms with E-state index < -0.39 is 41.0 Å². The minimum Gasteiger partial charge on any atom is -0.462 e. The van der Waals surface area contributed by atoms with Crippen molar-refractivity contribution in [2.24, 2.45) is 11.3 Å². The summed E-state index contributed by atoms with van der Waals surface area (Å²) in [6, 6.07) is 8.21. The van der Waals surface area contributed by atoms with Gasteiger partial charge in [0.1, 0.15) is 12.1 Å². The van der Waals surface area contributed by atoms with Gasteiger partial charge in [-0.1, -0.05) is 40.2 Å². The Labute approximate surface area is 393 Å². The number of cyclic esters (lactones) is 1. The number of ether oxygens (including phenoxy) is 2. The number of esters is 1. The number of aryl methyl sites for hydroxylation is 1. The monoisotopic (exact) mass is 928 g/mol. The van der Waals surface area contributed by atoms with Crippen molar-refractivity contribution in [3.05, 3.63) is 58.2 Å². The van der Waals surface area contributed by atoms with Crippen LogP contribution in [0.25, 0.3) is 33.4 Å². The van der Waals surface area contributed by atoms with Crippen molar-refractivity contribution in [3.63, 3.8) is 0 Å². The van der Waals surface area contributed by atoms with Gasteiger partial charge in [0.15, 0.2) is 0 Å². The number of aliphatic hydroxyl groups is 1. The van der Waals surface area contributed by atoms with Gasteiger partial charge in [0.05, 0.1) is 34.8 Å². The molecule has 17 heteroatoms. The number of rotatable bonds is 9. The van der Waals surface area contributed by atoms with Crippen molar-refractivity contribution in [1.29, 1.82) is 0 Å². The summed E-state index contributed by atoms with van der Waals surface area (Å²) in [5.74, 6) is -2.24. The number of pyridine rings is 1. The topological polar surface area (TPSA) is 175 Å². The average molecular weight is 928 g/mol. The van der Waals surface area contributed by atoms with Crippen molar-refractivity contribution in [1.82, 2.24) is 45.0 Å². The summed E-state index contributed by atoms with van der Waals surface area (Å²) >= 11 is 1.39. The number of hydrogen-bond donors (Lipinski definition) is 3. The SMILES string of the molecule is CCn1c(-c2cccnc2[C@H](C)OC)c2c3cc(ccc31)-c1csc(n1)C[C@H](NC(=O)[C@H](C(C)C)N(C)C(=O)N1CCCC[C@H](N(C)C)C1)C(=O)N1CCC[C@@](O)(N1)C(=O)OCC(C)(C)C2. The first-order valence-corrected chi connectivity index (χ1v) is 24.3. The predicted molar refractivity (Wildman–Crippen MR) is 255 cm³/mol. The molecule has 6 bridgehead atoms. The summed E-state index contributed by atoms with van der Waals surface area (Å²) in [5.41, 5.74) is 6.40. The molecule has 0 saturated carbocycles. The van der Waals surface area contributed by atoms with Crippen LogP contribution >= 0.6 is 11.3 Å². The highest BCUT2D eigenvalue weighted by molar-refractivity contribution is 7.10. The lowest BCUT2D eigenvalue weighted by Crippen LogP contribution is -2.67. The molecule has 2 saturated heterocycles. The third kappa shape index (κ3) is 10.1. The molecule has 1 aromatic carbocycles. The highest BCUT2D eigenvalue weighted by Gasteiger charge is 2.46. The van der Waals surface area contributed by atoms with Gasteiger partial charge in [-0.15, -0.1) is 11.3 Å². The summed E-state index contributed by atoms with van der Waals surface area (Å²) < 4.78 is 14.1.